The van der Waals surface area contributed by atoms with E-state index >= 15 is 0 Å². The highest BCUT2D eigenvalue weighted by molar-refractivity contribution is 7.89. The minimum atomic E-state index is -3.86. The summed E-state index contributed by atoms with van der Waals surface area (Å²) in [4.78, 5) is 12.5. The molecule has 0 spiro atoms. The number of methoxy groups -OCH3 is 1. The lowest BCUT2D eigenvalue weighted by molar-refractivity contribution is 0.102. The highest BCUT2D eigenvalue weighted by atomic mass is 32.2. The Hall–Kier alpha value is -3.36. The molecule has 3 N–H and O–H groups in total. The van der Waals surface area contributed by atoms with Crippen LogP contribution in [0.3, 0.4) is 0 Å². The maximum Gasteiger partial charge on any atom is 0.255 e. The van der Waals surface area contributed by atoms with Gasteiger partial charge in [-0.15, -0.1) is 0 Å². The molecule has 3 rings (SSSR count). The van der Waals surface area contributed by atoms with Crippen LogP contribution in [-0.4, -0.2) is 21.4 Å². The Morgan fingerprint density at radius 2 is 1.72 bits per heavy atom. The average molecular weight is 412 g/mol. The molecule has 0 fully saturated rings. The summed E-state index contributed by atoms with van der Waals surface area (Å²) in [5, 5.41) is 7.77. The summed E-state index contributed by atoms with van der Waals surface area (Å²) in [5.41, 5.74) is 1.64. The van der Waals surface area contributed by atoms with Gasteiger partial charge in [-0.3, -0.25) is 4.79 Å². The molecule has 0 aliphatic rings. The van der Waals surface area contributed by atoms with Gasteiger partial charge >= 0.3 is 0 Å². The molecular formula is C21H20N2O5S. The smallest absolute Gasteiger partial charge is 0.255 e. The van der Waals surface area contributed by atoms with E-state index in [4.69, 9.17) is 14.6 Å². The zero-order valence-electron chi connectivity index (χ0n) is 15.7. The Balaban J connectivity index is 1.74. The van der Waals surface area contributed by atoms with Gasteiger partial charge in [0.1, 0.15) is 6.61 Å². The zero-order valence-corrected chi connectivity index (χ0v) is 16.5. The third-order valence-electron chi connectivity index (χ3n) is 4.08. The first-order valence-electron chi connectivity index (χ1n) is 8.66. The lowest BCUT2D eigenvalue weighted by Gasteiger charge is -2.13. The van der Waals surface area contributed by atoms with Crippen LogP contribution >= 0.6 is 0 Å². The van der Waals surface area contributed by atoms with Gasteiger partial charge in [-0.25, -0.2) is 13.6 Å². The van der Waals surface area contributed by atoms with Gasteiger partial charge in [0.15, 0.2) is 11.5 Å². The van der Waals surface area contributed by atoms with E-state index in [1.165, 1.54) is 25.3 Å². The first kappa shape index (κ1) is 20.4. The number of primary sulfonamides is 1. The molecule has 0 heterocycles. The van der Waals surface area contributed by atoms with Gasteiger partial charge in [-0.05, 0) is 42.0 Å². The molecule has 1 amide bonds. The second kappa shape index (κ2) is 8.76. The van der Waals surface area contributed by atoms with E-state index in [-0.39, 0.29) is 4.90 Å². The summed E-state index contributed by atoms with van der Waals surface area (Å²) >= 11 is 0. The Morgan fingerprint density at radius 1 is 0.966 bits per heavy atom. The van der Waals surface area contributed by atoms with Crippen LogP contribution in [-0.2, 0) is 16.6 Å². The van der Waals surface area contributed by atoms with Crippen molar-refractivity contribution in [1.82, 2.24) is 0 Å². The minimum Gasteiger partial charge on any atom is -0.493 e. The molecule has 0 saturated carbocycles. The van der Waals surface area contributed by atoms with E-state index in [9.17, 15) is 13.2 Å². The number of sulfonamides is 1. The number of ether oxygens (including phenoxy) is 2. The summed E-state index contributed by atoms with van der Waals surface area (Å²) in [5.74, 6) is 0.487. The van der Waals surface area contributed by atoms with E-state index in [2.05, 4.69) is 5.32 Å². The number of hydrogen-bond donors (Lipinski definition) is 2. The SMILES string of the molecule is COc1cc(C(=O)Nc2cccc(S(N)(=O)=O)c2)ccc1OCc1ccccc1. The molecule has 0 aromatic heterocycles. The number of hydrogen-bond acceptors (Lipinski definition) is 5. The van der Waals surface area contributed by atoms with Crippen LogP contribution < -0.4 is 19.9 Å². The molecular weight excluding hydrogens is 392 g/mol. The highest BCUT2D eigenvalue weighted by Crippen LogP contribution is 2.29. The van der Waals surface area contributed by atoms with Crippen LogP contribution in [0, 0.1) is 0 Å². The van der Waals surface area contributed by atoms with Crippen molar-refractivity contribution >= 4 is 21.6 Å². The Bertz CT molecular complexity index is 1110. The molecule has 0 bridgehead atoms. The van der Waals surface area contributed by atoms with Crippen LogP contribution in [0.1, 0.15) is 15.9 Å². The fourth-order valence-corrected chi connectivity index (χ4v) is 3.18. The molecule has 8 heteroatoms. The monoisotopic (exact) mass is 412 g/mol. The van der Waals surface area contributed by atoms with Crippen molar-refractivity contribution in [3.05, 3.63) is 83.9 Å². The standard InChI is InChI=1S/C21H20N2O5S/c1-27-20-12-16(10-11-19(20)28-14-15-6-3-2-4-7-15)21(24)23-17-8-5-9-18(13-17)29(22,25)26/h2-13H,14H2,1H3,(H,23,24)(H2,22,25,26). The summed E-state index contributed by atoms with van der Waals surface area (Å²) in [6.07, 6.45) is 0. The molecule has 0 radical (unpaired) electrons. The first-order chi connectivity index (χ1) is 13.9. The number of benzene rings is 3. The van der Waals surface area contributed by atoms with E-state index in [0.717, 1.165) is 5.56 Å². The van der Waals surface area contributed by atoms with Crippen molar-refractivity contribution in [2.75, 3.05) is 12.4 Å². The average Bonchev–Trinajstić information content (AvgIpc) is 2.72. The normalized spacial score (nSPS) is 11.0. The van der Waals surface area contributed by atoms with Gasteiger partial charge in [0.2, 0.25) is 10.0 Å². The third kappa shape index (κ3) is 5.34. The Labute approximate surface area is 169 Å². The van der Waals surface area contributed by atoms with Gasteiger partial charge < -0.3 is 14.8 Å². The Morgan fingerprint density at radius 3 is 2.41 bits per heavy atom. The van der Waals surface area contributed by atoms with Gasteiger partial charge in [-0.1, -0.05) is 36.4 Å². The summed E-state index contributed by atoms with van der Waals surface area (Å²) in [7, 11) is -2.37. The molecule has 29 heavy (non-hydrogen) atoms. The van der Waals surface area contributed by atoms with Crippen molar-refractivity contribution in [3.8, 4) is 11.5 Å². The summed E-state index contributed by atoms with van der Waals surface area (Å²) in [6.45, 7) is 0.364. The maximum absolute atomic E-state index is 12.5. The van der Waals surface area contributed by atoms with Crippen molar-refractivity contribution in [1.29, 1.82) is 0 Å². The van der Waals surface area contributed by atoms with E-state index < -0.39 is 15.9 Å². The van der Waals surface area contributed by atoms with Crippen LogP contribution in [0.5, 0.6) is 11.5 Å². The fourth-order valence-electron chi connectivity index (χ4n) is 2.62. The van der Waals surface area contributed by atoms with Gasteiger partial charge in [0.05, 0.1) is 12.0 Å². The number of nitrogens with two attached hydrogens (primary N) is 1. The van der Waals surface area contributed by atoms with Crippen molar-refractivity contribution in [3.63, 3.8) is 0 Å². The molecule has 0 atom stereocenters. The van der Waals surface area contributed by atoms with Gasteiger partial charge in [0.25, 0.3) is 5.91 Å². The number of nitrogens with one attached hydrogen (secondary N) is 1. The molecule has 0 aliphatic heterocycles. The van der Waals surface area contributed by atoms with Crippen LogP contribution in [0.2, 0.25) is 0 Å². The number of carbonyl (C=O) groups excluding carboxylic acids is 1. The van der Waals surface area contributed by atoms with Crippen molar-refractivity contribution in [2.24, 2.45) is 5.14 Å². The van der Waals surface area contributed by atoms with Gasteiger partial charge in [0, 0.05) is 11.3 Å². The van der Waals surface area contributed by atoms with Crippen LogP contribution in [0.4, 0.5) is 5.69 Å². The van der Waals surface area contributed by atoms with E-state index in [1.54, 1.807) is 24.3 Å². The van der Waals surface area contributed by atoms with Crippen molar-refractivity contribution < 1.29 is 22.7 Å². The summed E-state index contributed by atoms with van der Waals surface area (Å²) in [6, 6.07) is 20.2. The first-order valence-corrected chi connectivity index (χ1v) is 10.2. The predicted molar refractivity (Wildman–Crippen MR) is 110 cm³/mol. The molecule has 3 aromatic rings. The number of rotatable bonds is 7. The second-order valence-corrected chi connectivity index (χ2v) is 7.73. The second-order valence-electron chi connectivity index (χ2n) is 6.17. The van der Waals surface area contributed by atoms with Crippen LogP contribution in [0.15, 0.2) is 77.7 Å². The zero-order chi connectivity index (χ0) is 20.9. The molecule has 0 aliphatic carbocycles. The summed E-state index contributed by atoms with van der Waals surface area (Å²) < 4.78 is 34.0. The Kier molecular flexibility index (Phi) is 6.16. The third-order valence-corrected chi connectivity index (χ3v) is 4.99. The predicted octanol–water partition coefficient (Wildman–Crippen LogP) is 3.17. The highest BCUT2D eigenvalue weighted by Gasteiger charge is 2.13. The lowest BCUT2D eigenvalue weighted by Crippen LogP contribution is -2.15. The topological polar surface area (TPSA) is 108 Å². The van der Waals surface area contributed by atoms with Crippen LogP contribution in [0.25, 0.3) is 0 Å². The molecule has 150 valence electrons. The fraction of sp³-hybridized carbons (Fsp3) is 0.0952. The molecule has 0 unspecified atom stereocenters. The van der Waals surface area contributed by atoms with E-state index in [0.29, 0.717) is 29.4 Å². The number of amides is 1. The minimum absolute atomic E-state index is 0.0856. The van der Waals surface area contributed by atoms with Crippen molar-refractivity contribution in [2.45, 2.75) is 11.5 Å². The van der Waals surface area contributed by atoms with Gasteiger partial charge in [-0.2, -0.15) is 0 Å². The number of anilines is 1. The number of carbonyl (C=O) groups is 1. The maximum atomic E-state index is 12.5. The largest absolute Gasteiger partial charge is 0.493 e. The lowest BCUT2D eigenvalue weighted by atomic mass is 10.1. The molecule has 0 saturated heterocycles. The quantitative estimate of drug-likeness (QED) is 0.620. The molecule has 7 nitrogen and oxygen atoms in total. The molecule has 3 aromatic carbocycles. The van der Waals surface area contributed by atoms with E-state index in [1.807, 2.05) is 30.3 Å².